The fourth-order valence-electron chi connectivity index (χ4n) is 2.66. The van der Waals surface area contributed by atoms with Crippen LogP contribution in [0.2, 0.25) is 0 Å². The monoisotopic (exact) mass is 349 g/mol. The first kappa shape index (κ1) is 16.8. The first-order chi connectivity index (χ1) is 11.6. The van der Waals surface area contributed by atoms with Crippen molar-refractivity contribution in [3.05, 3.63) is 96.1 Å². The van der Waals surface area contributed by atoms with Gasteiger partial charge in [0.05, 0.1) is 0 Å². The molecule has 0 atom stereocenters. The van der Waals surface area contributed by atoms with E-state index in [0.717, 1.165) is 21.9 Å². The third-order valence-electron chi connectivity index (χ3n) is 3.94. The Morgan fingerprint density at radius 2 is 1.33 bits per heavy atom. The Bertz CT molecular complexity index is 858. The van der Waals surface area contributed by atoms with Crippen LogP contribution in [0.15, 0.2) is 89.7 Å². The van der Waals surface area contributed by atoms with Gasteiger partial charge >= 0.3 is 0 Å². The Balaban J connectivity index is 2.16. The van der Waals surface area contributed by atoms with Gasteiger partial charge in [-0.05, 0) is 19.4 Å². The van der Waals surface area contributed by atoms with Crippen molar-refractivity contribution in [3.63, 3.8) is 0 Å². The molecule has 0 N–H and O–H groups in total. The first-order valence-electron chi connectivity index (χ1n) is 7.95. The molecule has 0 amide bonds. The van der Waals surface area contributed by atoms with E-state index in [9.17, 15) is 0 Å². The molecule has 0 aliphatic heterocycles. The average molecular weight is 349 g/mol. The zero-order chi connectivity index (χ0) is 17.0. The van der Waals surface area contributed by atoms with E-state index in [1.165, 1.54) is 5.56 Å². The van der Waals surface area contributed by atoms with E-state index < -0.39 is 6.19 Å². The zero-order valence-electron chi connectivity index (χ0n) is 13.9. The van der Waals surface area contributed by atoms with E-state index in [2.05, 4.69) is 62.4 Å². The summed E-state index contributed by atoms with van der Waals surface area (Å²) in [6.07, 6.45) is -2.24. The standard InChI is InChI=1S/C21H20NPS/c1-17-10-9-11-19(16-17)18(2)22-23(24,20-12-5-3-6-13-20)21-14-7-4-8-15-21/h3-16H,1-2H3/b22-18+. The fourth-order valence-corrected chi connectivity index (χ4v) is 5.98. The molecule has 0 radical (unpaired) electrons. The van der Waals surface area contributed by atoms with Crippen LogP contribution in [0.4, 0.5) is 0 Å². The summed E-state index contributed by atoms with van der Waals surface area (Å²) in [4.78, 5) is 0. The highest BCUT2D eigenvalue weighted by Crippen LogP contribution is 2.46. The van der Waals surface area contributed by atoms with Gasteiger partial charge < -0.3 is 0 Å². The van der Waals surface area contributed by atoms with Gasteiger partial charge in [-0.3, -0.25) is 0 Å². The molecular formula is C21H20NPS. The maximum atomic E-state index is 6.17. The molecule has 0 aliphatic carbocycles. The molecule has 0 aliphatic rings. The minimum Gasteiger partial charge on any atom is -0.247 e. The van der Waals surface area contributed by atoms with Crippen molar-refractivity contribution in [2.75, 3.05) is 0 Å². The molecule has 0 aromatic heterocycles. The highest BCUT2D eigenvalue weighted by Gasteiger charge is 2.21. The highest BCUT2D eigenvalue weighted by molar-refractivity contribution is 8.21. The maximum Gasteiger partial charge on any atom is 0.113 e. The molecule has 0 fully saturated rings. The summed E-state index contributed by atoms with van der Waals surface area (Å²) in [7, 11) is 0. The molecule has 1 nitrogen and oxygen atoms in total. The summed E-state index contributed by atoms with van der Waals surface area (Å²) < 4.78 is 5.10. The lowest BCUT2D eigenvalue weighted by Crippen LogP contribution is -2.15. The fraction of sp³-hybridized carbons (Fsp3) is 0.0952. The van der Waals surface area contributed by atoms with Crippen LogP contribution in [0.3, 0.4) is 0 Å². The maximum absolute atomic E-state index is 6.17. The van der Waals surface area contributed by atoms with Gasteiger partial charge in [-0.15, -0.1) is 0 Å². The van der Waals surface area contributed by atoms with E-state index in [1.807, 2.05) is 36.4 Å². The number of benzene rings is 3. The smallest absolute Gasteiger partial charge is 0.113 e. The van der Waals surface area contributed by atoms with Gasteiger partial charge in [-0.1, -0.05) is 102 Å². The summed E-state index contributed by atoms with van der Waals surface area (Å²) in [6, 6.07) is 29.0. The van der Waals surface area contributed by atoms with E-state index in [1.54, 1.807) is 0 Å². The molecular weight excluding hydrogens is 329 g/mol. The highest BCUT2D eigenvalue weighted by atomic mass is 32.4. The molecule has 0 heterocycles. The minimum absolute atomic E-state index is 0.995. The number of hydrogen-bond acceptors (Lipinski definition) is 1. The zero-order valence-corrected chi connectivity index (χ0v) is 15.6. The minimum atomic E-state index is -2.24. The van der Waals surface area contributed by atoms with Crippen molar-refractivity contribution in [1.82, 2.24) is 0 Å². The molecule has 3 aromatic carbocycles. The van der Waals surface area contributed by atoms with Crippen LogP contribution in [0, 0.1) is 6.92 Å². The summed E-state index contributed by atoms with van der Waals surface area (Å²) in [5.74, 6) is 0. The topological polar surface area (TPSA) is 12.4 Å². The Morgan fingerprint density at radius 1 is 0.792 bits per heavy atom. The molecule has 3 rings (SSSR count). The summed E-state index contributed by atoms with van der Waals surface area (Å²) in [5, 5.41) is 2.25. The van der Waals surface area contributed by atoms with Gasteiger partial charge in [-0.25, -0.2) is 4.76 Å². The van der Waals surface area contributed by atoms with Crippen LogP contribution >= 0.6 is 6.19 Å². The first-order valence-corrected chi connectivity index (χ1v) is 10.7. The summed E-state index contributed by atoms with van der Waals surface area (Å²) in [6.45, 7) is 4.16. The lowest BCUT2D eigenvalue weighted by molar-refractivity contribution is 1.45. The van der Waals surface area contributed by atoms with Gasteiger partial charge in [0.1, 0.15) is 6.19 Å². The van der Waals surface area contributed by atoms with Crippen molar-refractivity contribution in [2.45, 2.75) is 13.8 Å². The van der Waals surface area contributed by atoms with Crippen molar-refractivity contribution in [1.29, 1.82) is 0 Å². The molecule has 0 saturated carbocycles. The quantitative estimate of drug-likeness (QED) is 0.484. The third-order valence-corrected chi connectivity index (χ3v) is 8.03. The number of nitrogens with zero attached hydrogens (tertiary/aromatic N) is 1. The normalized spacial score (nSPS) is 12.2. The number of hydrogen-bond donors (Lipinski definition) is 0. The van der Waals surface area contributed by atoms with E-state index >= 15 is 0 Å². The third kappa shape index (κ3) is 3.56. The summed E-state index contributed by atoms with van der Waals surface area (Å²) in [5.41, 5.74) is 3.36. The Hall–Kier alpha value is -2.02. The lowest BCUT2D eigenvalue weighted by Gasteiger charge is -2.20. The molecule has 0 unspecified atom stereocenters. The predicted molar refractivity (Wildman–Crippen MR) is 110 cm³/mol. The van der Waals surface area contributed by atoms with Crippen LogP contribution in [0.1, 0.15) is 18.1 Å². The van der Waals surface area contributed by atoms with E-state index in [0.29, 0.717) is 0 Å². The average Bonchev–Trinajstić information content (AvgIpc) is 2.63. The second-order valence-electron chi connectivity index (χ2n) is 5.80. The molecule has 24 heavy (non-hydrogen) atoms. The second-order valence-corrected chi connectivity index (χ2v) is 9.77. The van der Waals surface area contributed by atoms with Crippen molar-refractivity contribution in [2.24, 2.45) is 4.76 Å². The largest absolute Gasteiger partial charge is 0.247 e. The van der Waals surface area contributed by atoms with Gasteiger partial charge in [0.15, 0.2) is 0 Å². The van der Waals surface area contributed by atoms with Crippen LogP contribution in [-0.2, 0) is 11.8 Å². The molecule has 0 bridgehead atoms. The van der Waals surface area contributed by atoms with Gasteiger partial charge in [0.2, 0.25) is 0 Å². The molecule has 0 saturated heterocycles. The van der Waals surface area contributed by atoms with Crippen molar-refractivity contribution in [3.8, 4) is 0 Å². The molecule has 3 aromatic rings. The van der Waals surface area contributed by atoms with Crippen molar-refractivity contribution >= 4 is 34.3 Å². The van der Waals surface area contributed by atoms with Crippen LogP contribution in [0.5, 0.6) is 0 Å². The Kier molecular flexibility index (Phi) is 5.08. The van der Waals surface area contributed by atoms with E-state index in [-0.39, 0.29) is 0 Å². The SMILES string of the molecule is C/C(=N\P(=S)(c1ccccc1)c1ccccc1)c1cccc(C)c1. The Labute approximate surface area is 149 Å². The van der Waals surface area contributed by atoms with Gasteiger partial charge in [-0.2, -0.15) is 0 Å². The van der Waals surface area contributed by atoms with Gasteiger partial charge in [0, 0.05) is 16.3 Å². The second kappa shape index (κ2) is 7.25. The van der Waals surface area contributed by atoms with Crippen LogP contribution < -0.4 is 10.6 Å². The number of aryl methyl sites for hydroxylation is 1. The summed E-state index contributed by atoms with van der Waals surface area (Å²) >= 11 is 6.17. The number of rotatable bonds is 4. The van der Waals surface area contributed by atoms with E-state index in [4.69, 9.17) is 16.6 Å². The molecule has 3 heteroatoms. The molecule has 0 spiro atoms. The van der Waals surface area contributed by atoms with Crippen LogP contribution in [-0.4, -0.2) is 5.71 Å². The lowest BCUT2D eigenvalue weighted by atomic mass is 10.1. The molecule has 120 valence electrons. The van der Waals surface area contributed by atoms with Gasteiger partial charge in [0.25, 0.3) is 0 Å². The Morgan fingerprint density at radius 3 is 1.83 bits per heavy atom. The van der Waals surface area contributed by atoms with Crippen LogP contribution in [0.25, 0.3) is 0 Å². The predicted octanol–water partition coefficient (Wildman–Crippen LogP) is 4.85. The van der Waals surface area contributed by atoms with Crippen molar-refractivity contribution < 1.29 is 0 Å².